The maximum Gasteiger partial charge on any atom is 0.257 e. The van der Waals surface area contributed by atoms with Gasteiger partial charge >= 0.3 is 0 Å². The number of benzene rings is 1. The van der Waals surface area contributed by atoms with Crippen LogP contribution in [0, 0.1) is 0 Å². The SMILES string of the molecule is C=C(C)CCc1c(O)c2ccccc2n(C)c1=O. The van der Waals surface area contributed by atoms with Crippen molar-refractivity contribution in [1.82, 2.24) is 4.57 Å². The van der Waals surface area contributed by atoms with Crippen molar-refractivity contribution in [3.8, 4) is 5.75 Å². The number of allylic oxidation sites excluding steroid dienone is 1. The van der Waals surface area contributed by atoms with Gasteiger partial charge in [0.2, 0.25) is 0 Å². The number of nitrogens with zero attached hydrogens (tertiary/aromatic N) is 1. The average Bonchev–Trinajstić information content (AvgIpc) is 2.36. The number of aryl methyl sites for hydroxylation is 1. The number of rotatable bonds is 3. The van der Waals surface area contributed by atoms with Gasteiger partial charge in [0.15, 0.2) is 0 Å². The summed E-state index contributed by atoms with van der Waals surface area (Å²) in [5.41, 5.74) is 2.09. The molecule has 3 nitrogen and oxygen atoms in total. The predicted molar refractivity (Wildman–Crippen MR) is 74.0 cm³/mol. The van der Waals surface area contributed by atoms with Crippen LogP contribution in [0.25, 0.3) is 10.9 Å². The molecule has 0 amide bonds. The third-order valence-electron chi connectivity index (χ3n) is 3.17. The van der Waals surface area contributed by atoms with Gasteiger partial charge in [0.05, 0.1) is 11.1 Å². The third kappa shape index (κ3) is 2.04. The van der Waals surface area contributed by atoms with E-state index in [0.717, 1.165) is 16.5 Å². The summed E-state index contributed by atoms with van der Waals surface area (Å²) in [5.74, 6) is 0.106. The molecule has 0 aliphatic rings. The van der Waals surface area contributed by atoms with Gasteiger partial charge in [-0.2, -0.15) is 0 Å². The number of pyridine rings is 1. The van der Waals surface area contributed by atoms with E-state index in [9.17, 15) is 9.90 Å². The minimum Gasteiger partial charge on any atom is -0.507 e. The molecular weight excluding hydrogens is 226 g/mol. The molecule has 0 spiro atoms. The summed E-state index contributed by atoms with van der Waals surface area (Å²) < 4.78 is 1.59. The first-order chi connectivity index (χ1) is 8.52. The van der Waals surface area contributed by atoms with E-state index in [2.05, 4.69) is 6.58 Å². The van der Waals surface area contributed by atoms with Crippen LogP contribution in [0.15, 0.2) is 41.2 Å². The summed E-state index contributed by atoms with van der Waals surface area (Å²) in [5, 5.41) is 10.9. The minimum atomic E-state index is -0.132. The lowest BCUT2D eigenvalue weighted by atomic mass is 10.0. The van der Waals surface area contributed by atoms with Crippen molar-refractivity contribution >= 4 is 10.9 Å². The van der Waals surface area contributed by atoms with Crippen molar-refractivity contribution in [3.05, 3.63) is 52.3 Å². The van der Waals surface area contributed by atoms with Crippen molar-refractivity contribution in [2.24, 2.45) is 7.05 Å². The lowest BCUT2D eigenvalue weighted by Gasteiger charge is -2.11. The summed E-state index contributed by atoms with van der Waals surface area (Å²) in [6.45, 7) is 5.74. The molecule has 1 aromatic heterocycles. The Morgan fingerprint density at radius 3 is 2.72 bits per heavy atom. The Morgan fingerprint density at radius 1 is 1.39 bits per heavy atom. The van der Waals surface area contributed by atoms with Crippen LogP contribution >= 0.6 is 0 Å². The van der Waals surface area contributed by atoms with E-state index in [1.807, 2.05) is 31.2 Å². The van der Waals surface area contributed by atoms with Crippen molar-refractivity contribution in [1.29, 1.82) is 0 Å². The molecule has 0 radical (unpaired) electrons. The van der Waals surface area contributed by atoms with Crippen molar-refractivity contribution < 1.29 is 5.11 Å². The molecule has 1 aromatic carbocycles. The second-order valence-corrected chi connectivity index (χ2v) is 4.67. The molecule has 0 unspecified atom stereocenters. The summed E-state index contributed by atoms with van der Waals surface area (Å²) in [7, 11) is 1.73. The fourth-order valence-electron chi connectivity index (χ4n) is 2.11. The zero-order chi connectivity index (χ0) is 13.3. The molecule has 2 aromatic rings. The Labute approximate surface area is 106 Å². The normalized spacial score (nSPS) is 10.8. The fourth-order valence-corrected chi connectivity index (χ4v) is 2.11. The van der Waals surface area contributed by atoms with Crippen LogP contribution < -0.4 is 5.56 Å². The number of aromatic hydroxyl groups is 1. The second kappa shape index (κ2) is 4.69. The molecule has 0 fully saturated rings. The van der Waals surface area contributed by atoms with Gasteiger partial charge in [-0.1, -0.05) is 17.7 Å². The topological polar surface area (TPSA) is 42.2 Å². The van der Waals surface area contributed by atoms with Gasteiger partial charge in [0, 0.05) is 12.4 Å². The Balaban J connectivity index is 2.67. The first-order valence-electron chi connectivity index (χ1n) is 5.96. The largest absolute Gasteiger partial charge is 0.507 e. The molecule has 18 heavy (non-hydrogen) atoms. The summed E-state index contributed by atoms with van der Waals surface area (Å²) in [4.78, 5) is 12.2. The Kier molecular flexibility index (Phi) is 3.24. The van der Waals surface area contributed by atoms with Gasteiger partial charge in [0.1, 0.15) is 5.75 Å². The average molecular weight is 243 g/mol. The number of aromatic nitrogens is 1. The summed E-state index contributed by atoms with van der Waals surface area (Å²) in [6, 6.07) is 7.37. The zero-order valence-electron chi connectivity index (χ0n) is 10.7. The van der Waals surface area contributed by atoms with E-state index in [4.69, 9.17) is 0 Å². The molecule has 0 aliphatic carbocycles. The zero-order valence-corrected chi connectivity index (χ0v) is 10.7. The van der Waals surface area contributed by atoms with Crippen LogP contribution in [-0.4, -0.2) is 9.67 Å². The predicted octanol–water partition coefficient (Wildman–Crippen LogP) is 2.75. The smallest absolute Gasteiger partial charge is 0.257 e. The highest BCUT2D eigenvalue weighted by atomic mass is 16.3. The number of para-hydroxylation sites is 1. The van der Waals surface area contributed by atoms with Crippen molar-refractivity contribution in [2.45, 2.75) is 19.8 Å². The molecule has 0 aliphatic heterocycles. The van der Waals surface area contributed by atoms with E-state index in [1.165, 1.54) is 0 Å². The molecule has 1 N–H and O–H groups in total. The monoisotopic (exact) mass is 243 g/mol. The summed E-state index contributed by atoms with van der Waals surface area (Å²) in [6.07, 6.45) is 1.24. The maximum atomic E-state index is 12.2. The van der Waals surface area contributed by atoms with Crippen LogP contribution in [-0.2, 0) is 13.5 Å². The van der Waals surface area contributed by atoms with Crippen LogP contribution in [0.5, 0.6) is 5.75 Å². The molecule has 0 saturated carbocycles. The van der Waals surface area contributed by atoms with Gasteiger partial charge in [-0.05, 0) is 31.9 Å². The first-order valence-corrected chi connectivity index (χ1v) is 5.96. The van der Waals surface area contributed by atoms with Gasteiger partial charge in [0.25, 0.3) is 5.56 Å². The minimum absolute atomic E-state index is 0.106. The first kappa shape index (κ1) is 12.4. The van der Waals surface area contributed by atoms with E-state index >= 15 is 0 Å². The standard InChI is InChI=1S/C15H17NO2/c1-10(2)8-9-12-14(17)11-6-4-5-7-13(11)16(3)15(12)18/h4-7,17H,1,8-9H2,2-3H3. The molecule has 0 atom stereocenters. The van der Waals surface area contributed by atoms with E-state index in [1.54, 1.807) is 11.6 Å². The molecular formula is C15H17NO2. The van der Waals surface area contributed by atoms with Gasteiger partial charge < -0.3 is 9.67 Å². The highest BCUT2D eigenvalue weighted by Crippen LogP contribution is 2.26. The van der Waals surface area contributed by atoms with Crippen molar-refractivity contribution in [2.75, 3.05) is 0 Å². The Hall–Kier alpha value is -2.03. The maximum absolute atomic E-state index is 12.2. The quantitative estimate of drug-likeness (QED) is 0.842. The number of hydrogen-bond donors (Lipinski definition) is 1. The van der Waals surface area contributed by atoms with Gasteiger partial charge in [-0.25, -0.2) is 0 Å². The lowest BCUT2D eigenvalue weighted by molar-refractivity contribution is 0.471. The van der Waals surface area contributed by atoms with Crippen molar-refractivity contribution in [3.63, 3.8) is 0 Å². The van der Waals surface area contributed by atoms with Gasteiger partial charge in [-0.15, -0.1) is 6.58 Å². The van der Waals surface area contributed by atoms with Crippen LogP contribution in [0.4, 0.5) is 0 Å². The molecule has 2 rings (SSSR count). The summed E-state index contributed by atoms with van der Waals surface area (Å²) >= 11 is 0. The van der Waals surface area contributed by atoms with E-state index < -0.39 is 0 Å². The molecule has 94 valence electrons. The second-order valence-electron chi connectivity index (χ2n) is 4.67. The van der Waals surface area contributed by atoms with E-state index in [0.29, 0.717) is 18.4 Å². The Bertz CT molecular complexity index is 668. The molecule has 0 saturated heterocycles. The number of fused-ring (bicyclic) bond motifs is 1. The third-order valence-corrected chi connectivity index (χ3v) is 3.17. The highest BCUT2D eigenvalue weighted by molar-refractivity contribution is 5.86. The van der Waals surface area contributed by atoms with E-state index in [-0.39, 0.29) is 11.3 Å². The highest BCUT2D eigenvalue weighted by Gasteiger charge is 2.13. The van der Waals surface area contributed by atoms with Crippen LogP contribution in [0.1, 0.15) is 18.9 Å². The lowest BCUT2D eigenvalue weighted by Crippen LogP contribution is -2.21. The number of hydrogen-bond acceptors (Lipinski definition) is 2. The molecule has 3 heteroatoms. The van der Waals surface area contributed by atoms with Gasteiger partial charge in [-0.3, -0.25) is 4.79 Å². The fraction of sp³-hybridized carbons (Fsp3) is 0.267. The van der Waals surface area contributed by atoms with Crippen LogP contribution in [0.2, 0.25) is 0 Å². The van der Waals surface area contributed by atoms with Crippen LogP contribution in [0.3, 0.4) is 0 Å². The Morgan fingerprint density at radius 2 is 2.06 bits per heavy atom. The molecule has 1 heterocycles. The molecule has 0 bridgehead atoms.